The van der Waals surface area contributed by atoms with Crippen molar-refractivity contribution in [1.29, 1.82) is 0 Å². The van der Waals surface area contributed by atoms with E-state index in [-0.39, 0.29) is 18.3 Å². The van der Waals surface area contributed by atoms with Crippen LogP contribution < -0.4 is 0 Å². The Hall–Kier alpha value is -4.74. The number of rotatable bonds is 6. The normalized spacial score (nSPS) is 15.9. The summed E-state index contributed by atoms with van der Waals surface area (Å²) in [6.45, 7) is 0.0924. The molecule has 1 fully saturated rings. The molecule has 5 aromatic rings. The van der Waals surface area contributed by atoms with Gasteiger partial charge in [0, 0.05) is 11.8 Å². The summed E-state index contributed by atoms with van der Waals surface area (Å²) >= 11 is 0. The van der Waals surface area contributed by atoms with E-state index < -0.39 is 11.6 Å². The van der Waals surface area contributed by atoms with Crippen LogP contribution in [0.5, 0.6) is 5.75 Å². The number of carbonyl (C=O) groups is 1. The van der Waals surface area contributed by atoms with Crippen molar-refractivity contribution in [3.8, 4) is 5.75 Å². The molecule has 1 saturated heterocycles. The minimum Gasteiger partial charge on any atom is -0.507 e. The van der Waals surface area contributed by atoms with Crippen LogP contribution in [0.25, 0.3) is 10.8 Å². The molecule has 1 amide bonds. The van der Waals surface area contributed by atoms with E-state index in [2.05, 4.69) is 4.99 Å². The summed E-state index contributed by atoms with van der Waals surface area (Å²) in [5.74, 6) is -0.139. The molecule has 0 saturated carbocycles. The average molecular weight is 499 g/mol. The van der Waals surface area contributed by atoms with Crippen molar-refractivity contribution in [2.45, 2.75) is 11.6 Å². The van der Waals surface area contributed by atoms with Gasteiger partial charge < -0.3 is 5.11 Å². The first-order chi connectivity index (χ1) is 18.7. The molecular weight excluding hydrogens is 472 g/mol. The lowest BCUT2D eigenvalue weighted by molar-refractivity contribution is -0.183. The fourth-order valence-corrected chi connectivity index (χ4v) is 5.26. The molecule has 0 aromatic heterocycles. The Balaban J connectivity index is 1.46. The average Bonchev–Trinajstić information content (AvgIpc) is 3.35. The minimum absolute atomic E-state index is 0.0924. The number of hydrogen-bond donors (Lipinski definition) is 1. The van der Waals surface area contributed by atoms with Gasteiger partial charge in [0.05, 0.1) is 0 Å². The Morgan fingerprint density at radius 2 is 1.26 bits per heavy atom. The largest absolute Gasteiger partial charge is 0.507 e. The number of carbonyl (C=O) groups excluding carboxylic acids is 1. The Kier molecular flexibility index (Phi) is 6.20. The summed E-state index contributed by atoms with van der Waals surface area (Å²) in [5, 5.41) is 13.9. The quantitative estimate of drug-likeness (QED) is 0.227. The fourth-order valence-electron chi connectivity index (χ4n) is 5.26. The van der Waals surface area contributed by atoms with Gasteiger partial charge in [0.15, 0.2) is 6.04 Å². The highest BCUT2D eigenvalue weighted by molar-refractivity contribution is 6.03. The summed E-state index contributed by atoms with van der Waals surface area (Å²) in [6, 6.07) is 40.3. The molecule has 5 heteroatoms. The van der Waals surface area contributed by atoms with E-state index in [1.807, 2.05) is 121 Å². The summed E-state index contributed by atoms with van der Waals surface area (Å²) in [5.41, 5.74) is 2.27. The second kappa shape index (κ2) is 9.96. The van der Waals surface area contributed by atoms with Crippen molar-refractivity contribution in [1.82, 2.24) is 5.06 Å². The second-order valence-corrected chi connectivity index (χ2v) is 9.25. The zero-order valence-electron chi connectivity index (χ0n) is 20.6. The third kappa shape index (κ3) is 3.94. The smallest absolute Gasteiger partial charge is 0.274 e. The maximum Gasteiger partial charge on any atom is 0.274 e. The first kappa shape index (κ1) is 23.6. The Labute approximate surface area is 221 Å². The standard InChI is InChI=1S/C33H26N2O3/c36-31-21-20-24-12-10-11-19-28(24)29(31)22-34-30-23-38-35(32(30)37)33(25-13-4-1-5-14-25,26-15-6-2-7-16-26)27-17-8-3-9-18-27/h1-22,30,36H,23H2/t30-/m1/s1. The molecule has 38 heavy (non-hydrogen) atoms. The van der Waals surface area contributed by atoms with Gasteiger partial charge in [-0.05, 0) is 33.5 Å². The molecule has 5 nitrogen and oxygen atoms in total. The lowest BCUT2D eigenvalue weighted by Gasteiger charge is -2.41. The van der Waals surface area contributed by atoms with Gasteiger partial charge in [-0.2, -0.15) is 5.06 Å². The van der Waals surface area contributed by atoms with Gasteiger partial charge in [0.1, 0.15) is 17.9 Å². The van der Waals surface area contributed by atoms with E-state index in [4.69, 9.17) is 4.84 Å². The van der Waals surface area contributed by atoms with E-state index in [0.717, 1.165) is 27.5 Å². The minimum atomic E-state index is -1.02. The van der Waals surface area contributed by atoms with Crippen LogP contribution in [0.15, 0.2) is 132 Å². The van der Waals surface area contributed by atoms with Crippen molar-refractivity contribution >= 4 is 22.9 Å². The number of hydroxylamine groups is 2. The molecule has 1 atom stereocenters. The molecule has 0 radical (unpaired) electrons. The highest BCUT2D eigenvalue weighted by atomic mass is 16.7. The van der Waals surface area contributed by atoms with Crippen molar-refractivity contribution in [2.24, 2.45) is 4.99 Å². The molecule has 186 valence electrons. The number of nitrogens with zero attached hydrogens (tertiary/aromatic N) is 2. The summed E-state index contributed by atoms with van der Waals surface area (Å²) in [7, 11) is 0. The molecule has 0 aliphatic carbocycles. The number of phenolic OH excluding ortho intramolecular Hbond substituents is 1. The molecular formula is C33H26N2O3. The molecule has 1 N–H and O–H groups in total. The first-order valence-electron chi connectivity index (χ1n) is 12.6. The molecule has 5 aromatic carbocycles. The highest BCUT2D eigenvalue weighted by Crippen LogP contribution is 2.44. The van der Waals surface area contributed by atoms with Crippen molar-refractivity contribution in [2.75, 3.05) is 6.61 Å². The second-order valence-electron chi connectivity index (χ2n) is 9.25. The van der Waals surface area contributed by atoms with E-state index in [1.165, 1.54) is 5.06 Å². The summed E-state index contributed by atoms with van der Waals surface area (Å²) in [6.07, 6.45) is 1.59. The van der Waals surface area contributed by atoms with Crippen LogP contribution in [0, 0.1) is 0 Å². The maximum atomic E-state index is 14.1. The Bertz CT molecular complexity index is 1500. The molecule has 0 bridgehead atoms. The van der Waals surface area contributed by atoms with E-state index in [9.17, 15) is 9.90 Å². The van der Waals surface area contributed by atoms with Crippen LogP contribution in [0.3, 0.4) is 0 Å². The van der Waals surface area contributed by atoms with Crippen molar-refractivity contribution in [3.05, 3.63) is 150 Å². The van der Waals surface area contributed by atoms with E-state index in [1.54, 1.807) is 12.3 Å². The van der Waals surface area contributed by atoms with Gasteiger partial charge in [-0.3, -0.25) is 14.6 Å². The van der Waals surface area contributed by atoms with E-state index in [0.29, 0.717) is 5.56 Å². The molecule has 0 spiro atoms. The predicted octanol–water partition coefficient (Wildman–Crippen LogP) is 6.10. The highest BCUT2D eigenvalue weighted by Gasteiger charge is 2.50. The zero-order valence-corrected chi connectivity index (χ0v) is 20.6. The SMILES string of the molecule is O=C1[C@H](N=Cc2c(O)ccc3ccccc23)CON1C(c1ccccc1)(c1ccccc1)c1ccccc1. The fraction of sp³-hybridized carbons (Fsp3) is 0.0909. The number of aromatic hydroxyl groups is 1. The van der Waals surface area contributed by atoms with Crippen LogP contribution >= 0.6 is 0 Å². The van der Waals surface area contributed by atoms with Crippen LogP contribution in [0.4, 0.5) is 0 Å². The van der Waals surface area contributed by atoms with Crippen LogP contribution in [0.1, 0.15) is 22.3 Å². The number of fused-ring (bicyclic) bond motifs is 1. The van der Waals surface area contributed by atoms with Gasteiger partial charge in [0.25, 0.3) is 5.91 Å². The number of amides is 1. The number of phenols is 1. The number of hydrogen-bond acceptors (Lipinski definition) is 4. The van der Waals surface area contributed by atoms with Crippen LogP contribution in [0.2, 0.25) is 0 Å². The Morgan fingerprint density at radius 3 is 1.84 bits per heavy atom. The summed E-state index contributed by atoms with van der Waals surface area (Å²) < 4.78 is 0. The molecule has 1 heterocycles. The first-order valence-corrected chi connectivity index (χ1v) is 12.6. The molecule has 0 unspecified atom stereocenters. The topological polar surface area (TPSA) is 62.1 Å². The Morgan fingerprint density at radius 1 is 0.737 bits per heavy atom. The molecule has 1 aliphatic heterocycles. The van der Waals surface area contributed by atoms with Gasteiger partial charge in [-0.25, -0.2) is 0 Å². The van der Waals surface area contributed by atoms with Crippen LogP contribution in [-0.2, 0) is 15.2 Å². The predicted molar refractivity (Wildman–Crippen MR) is 149 cm³/mol. The third-order valence-electron chi connectivity index (χ3n) is 7.06. The van der Waals surface area contributed by atoms with Crippen molar-refractivity contribution < 1.29 is 14.7 Å². The number of benzene rings is 5. The van der Waals surface area contributed by atoms with Crippen LogP contribution in [-0.4, -0.2) is 34.9 Å². The van der Waals surface area contributed by atoms with Gasteiger partial charge in [0.2, 0.25) is 0 Å². The number of aliphatic imine (C=N–C) groups is 1. The van der Waals surface area contributed by atoms with Gasteiger partial charge >= 0.3 is 0 Å². The third-order valence-corrected chi connectivity index (χ3v) is 7.06. The zero-order chi connectivity index (χ0) is 26.0. The van der Waals surface area contributed by atoms with Gasteiger partial charge in [-0.1, -0.05) is 121 Å². The lowest BCUT2D eigenvalue weighted by atomic mass is 9.76. The molecule has 1 aliphatic rings. The monoisotopic (exact) mass is 498 g/mol. The van der Waals surface area contributed by atoms with Crippen molar-refractivity contribution in [3.63, 3.8) is 0 Å². The maximum absolute atomic E-state index is 14.1. The van der Waals surface area contributed by atoms with Gasteiger partial charge in [-0.15, -0.1) is 0 Å². The van der Waals surface area contributed by atoms with E-state index >= 15 is 0 Å². The lowest BCUT2D eigenvalue weighted by Crippen LogP contribution is -2.49. The summed E-state index contributed by atoms with van der Waals surface area (Å²) in [4.78, 5) is 24.9. The molecule has 6 rings (SSSR count).